The molecule has 0 bridgehead atoms. The van der Waals surface area contributed by atoms with Gasteiger partial charge in [-0.2, -0.15) is 0 Å². The van der Waals surface area contributed by atoms with Crippen molar-refractivity contribution < 1.29 is 19.0 Å². The third kappa shape index (κ3) is 5.19. The molecule has 0 radical (unpaired) electrons. The van der Waals surface area contributed by atoms with Crippen molar-refractivity contribution in [2.24, 2.45) is 5.92 Å². The van der Waals surface area contributed by atoms with Crippen LogP contribution in [-0.2, 0) is 19.0 Å². The van der Waals surface area contributed by atoms with Crippen molar-refractivity contribution in [3.05, 3.63) is 11.6 Å². The lowest BCUT2D eigenvalue weighted by atomic mass is 9.83. The molecule has 104 valence electrons. The number of esters is 1. The zero-order valence-corrected chi connectivity index (χ0v) is 11.4. The summed E-state index contributed by atoms with van der Waals surface area (Å²) in [7, 11) is 3.04. The van der Waals surface area contributed by atoms with Crippen molar-refractivity contribution in [2.45, 2.75) is 38.5 Å². The average molecular weight is 256 g/mol. The quantitative estimate of drug-likeness (QED) is 0.304. The van der Waals surface area contributed by atoms with E-state index in [-0.39, 0.29) is 5.97 Å². The van der Waals surface area contributed by atoms with Crippen LogP contribution in [0, 0.1) is 5.92 Å². The van der Waals surface area contributed by atoms with Gasteiger partial charge in [-0.05, 0) is 25.2 Å². The molecule has 0 unspecified atom stereocenters. The van der Waals surface area contributed by atoms with Gasteiger partial charge in [-0.25, -0.2) is 4.79 Å². The Labute approximate surface area is 109 Å². The Hall–Kier alpha value is -0.870. The molecule has 0 N–H and O–H groups in total. The molecule has 0 heterocycles. The fourth-order valence-electron chi connectivity index (χ4n) is 2.39. The zero-order valence-electron chi connectivity index (χ0n) is 11.4. The van der Waals surface area contributed by atoms with Crippen LogP contribution >= 0.6 is 0 Å². The Balaban J connectivity index is 2.48. The maximum atomic E-state index is 11.8. The molecule has 18 heavy (non-hydrogen) atoms. The lowest BCUT2D eigenvalue weighted by molar-refractivity contribution is -0.136. The van der Waals surface area contributed by atoms with E-state index in [1.54, 1.807) is 7.11 Å². The van der Waals surface area contributed by atoms with Crippen LogP contribution in [0.4, 0.5) is 0 Å². The number of hydrogen-bond donors (Lipinski definition) is 0. The number of hydrogen-bond acceptors (Lipinski definition) is 4. The van der Waals surface area contributed by atoms with Crippen molar-refractivity contribution >= 4 is 5.97 Å². The van der Waals surface area contributed by atoms with E-state index in [2.05, 4.69) is 0 Å². The largest absolute Gasteiger partial charge is 0.466 e. The minimum Gasteiger partial charge on any atom is -0.466 e. The van der Waals surface area contributed by atoms with Crippen LogP contribution in [0.3, 0.4) is 0 Å². The molecule has 0 spiro atoms. The Morgan fingerprint density at radius 3 is 2.56 bits per heavy atom. The van der Waals surface area contributed by atoms with Crippen LogP contribution in [0.5, 0.6) is 0 Å². The van der Waals surface area contributed by atoms with Gasteiger partial charge in [0.25, 0.3) is 0 Å². The molecule has 1 rings (SSSR count). The SMILES string of the molecule is COCOCCC=C(C(=O)OC)C1CCCCC1. The molecule has 1 fully saturated rings. The van der Waals surface area contributed by atoms with E-state index < -0.39 is 0 Å². The van der Waals surface area contributed by atoms with E-state index in [1.165, 1.54) is 26.4 Å². The zero-order chi connectivity index (χ0) is 13.2. The normalized spacial score (nSPS) is 17.8. The van der Waals surface area contributed by atoms with Crippen LogP contribution in [0.1, 0.15) is 38.5 Å². The van der Waals surface area contributed by atoms with Gasteiger partial charge in [0.2, 0.25) is 0 Å². The first kappa shape index (κ1) is 15.2. The molecule has 0 aromatic carbocycles. The molecule has 0 atom stereocenters. The van der Waals surface area contributed by atoms with Gasteiger partial charge < -0.3 is 14.2 Å². The van der Waals surface area contributed by atoms with E-state index in [9.17, 15) is 4.79 Å². The predicted octanol–water partition coefficient (Wildman–Crippen LogP) is 2.68. The second-order valence-electron chi connectivity index (χ2n) is 4.59. The summed E-state index contributed by atoms with van der Waals surface area (Å²) in [5.41, 5.74) is 0.832. The summed E-state index contributed by atoms with van der Waals surface area (Å²) in [5.74, 6) is 0.183. The summed E-state index contributed by atoms with van der Waals surface area (Å²) in [5, 5.41) is 0. The third-order valence-electron chi connectivity index (χ3n) is 3.29. The van der Waals surface area contributed by atoms with Crippen molar-refractivity contribution in [2.75, 3.05) is 27.6 Å². The highest BCUT2D eigenvalue weighted by molar-refractivity contribution is 5.88. The average Bonchev–Trinajstić information content (AvgIpc) is 2.43. The maximum absolute atomic E-state index is 11.8. The van der Waals surface area contributed by atoms with Gasteiger partial charge >= 0.3 is 5.97 Å². The molecule has 0 amide bonds. The molecule has 0 saturated heterocycles. The van der Waals surface area contributed by atoms with E-state index in [0.29, 0.717) is 19.3 Å². The summed E-state index contributed by atoms with van der Waals surface area (Å²) in [4.78, 5) is 11.8. The first-order chi connectivity index (χ1) is 8.79. The molecule has 4 heteroatoms. The molecule has 0 aromatic rings. The second-order valence-corrected chi connectivity index (χ2v) is 4.59. The van der Waals surface area contributed by atoms with Gasteiger partial charge in [0.1, 0.15) is 6.79 Å². The summed E-state index contributed by atoms with van der Waals surface area (Å²) in [6.07, 6.45) is 8.59. The van der Waals surface area contributed by atoms with Crippen molar-refractivity contribution in [3.63, 3.8) is 0 Å². The highest BCUT2D eigenvalue weighted by atomic mass is 16.7. The summed E-state index contributed by atoms with van der Waals surface area (Å²) >= 11 is 0. The number of rotatable bonds is 7. The first-order valence-electron chi connectivity index (χ1n) is 6.64. The van der Waals surface area contributed by atoms with Gasteiger partial charge in [-0.1, -0.05) is 25.3 Å². The van der Waals surface area contributed by atoms with E-state index in [4.69, 9.17) is 14.2 Å². The highest BCUT2D eigenvalue weighted by Gasteiger charge is 2.23. The minimum atomic E-state index is -0.186. The van der Waals surface area contributed by atoms with Crippen LogP contribution in [0.15, 0.2) is 11.6 Å². The van der Waals surface area contributed by atoms with E-state index in [1.807, 2.05) is 6.08 Å². The van der Waals surface area contributed by atoms with E-state index in [0.717, 1.165) is 24.8 Å². The highest BCUT2D eigenvalue weighted by Crippen LogP contribution is 2.30. The van der Waals surface area contributed by atoms with Gasteiger partial charge in [0.05, 0.1) is 13.7 Å². The molecule has 4 nitrogen and oxygen atoms in total. The monoisotopic (exact) mass is 256 g/mol. The van der Waals surface area contributed by atoms with Crippen molar-refractivity contribution in [1.82, 2.24) is 0 Å². The molecular weight excluding hydrogens is 232 g/mol. The lowest BCUT2D eigenvalue weighted by Crippen LogP contribution is -2.17. The van der Waals surface area contributed by atoms with Crippen molar-refractivity contribution in [3.8, 4) is 0 Å². The Morgan fingerprint density at radius 1 is 1.22 bits per heavy atom. The molecule has 1 saturated carbocycles. The predicted molar refractivity (Wildman–Crippen MR) is 69.1 cm³/mol. The van der Waals surface area contributed by atoms with Crippen LogP contribution in [0.25, 0.3) is 0 Å². The summed E-state index contributed by atoms with van der Waals surface area (Å²) < 4.78 is 14.9. The molecule has 1 aliphatic rings. The van der Waals surface area contributed by atoms with Crippen LogP contribution < -0.4 is 0 Å². The Morgan fingerprint density at radius 2 is 1.94 bits per heavy atom. The number of methoxy groups -OCH3 is 2. The smallest absolute Gasteiger partial charge is 0.333 e. The van der Waals surface area contributed by atoms with Gasteiger partial charge in [-0.3, -0.25) is 0 Å². The van der Waals surface area contributed by atoms with Gasteiger partial charge in [0, 0.05) is 12.7 Å². The lowest BCUT2D eigenvalue weighted by Gasteiger charge is -2.23. The topological polar surface area (TPSA) is 44.8 Å². The van der Waals surface area contributed by atoms with Gasteiger partial charge in [-0.15, -0.1) is 0 Å². The van der Waals surface area contributed by atoms with E-state index >= 15 is 0 Å². The van der Waals surface area contributed by atoms with Crippen LogP contribution in [0.2, 0.25) is 0 Å². The number of carbonyl (C=O) groups is 1. The maximum Gasteiger partial charge on any atom is 0.333 e. The third-order valence-corrected chi connectivity index (χ3v) is 3.29. The standard InChI is InChI=1S/C14H24O4/c1-16-11-18-10-6-9-13(14(15)17-2)12-7-4-3-5-8-12/h9,12H,3-8,10-11H2,1-2H3. The minimum absolute atomic E-state index is 0.186. The molecule has 0 aliphatic heterocycles. The number of carbonyl (C=O) groups excluding carboxylic acids is 1. The Bertz CT molecular complexity index is 267. The second kappa shape index (κ2) is 9.11. The van der Waals surface area contributed by atoms with Crippen molar-refractivity contribution in [1.29, 1.82) is 0 Å². The number of ether oxygens (including phenoxy) is 3. The Kier molecular flexibility index (Phi) is 7.69. The summed E-state index contributed by atoms with van der Waals surface area (Å²) in [6, 6.07) is 0. The fraction of sp³-hybridized carbons (Fsp3) is 0.786. The van der Waals surface area contributed by atoms with Crippen LogP contribution in [-0.4, -0.2) is 33.6 Å². The molecule has 1 aliphatic carbocycles. The molecule has 0 aromatic heterocycles. The first-order valence-corrected chi connectivity index (χ1v) is 6.64. The van der Waals surface area contributed by atoms with Gasteiger partial charge in [0.15, 0.2) is 0 Å². The summed E-state index contributed by atoms with van der Waals surface area (Å²) in [6.45, 7) is 0.867. The fourth-order valence-corrected chi connectivity index (χ4v) is 2.39. The molecular formula is C14H24O4.